The lowest BCUT2D eigenvalue weighted by atomic mass is 10.0. The second-order valence-corrected chi connectivity index (χ2v) is 5.27. The highest BCUT2D eigenvalue weighted by Crippen LogP contribution is 2.29. The van der Waals surface area contributed by atoms with E-state index in [4.69, 9.17) is 11.6 Å². The molecule has 1 aliphatic rings. The average molecular weight is 265 g/mol. The molecule has 0 aliphatic heterocycles. The summed E-state index contributed by atoms with van der Waals surface area (Å²) in [5.74, 6) is 0.265. The number of nitrogens with zero attached hydrogens (tertiary/aromatic N) is 2. The highest BCUT2D eigenvalue weighted by Gasteiger charge is 2.16. The molecule has 0 amide bonds. The van der Waals surface area contributed by atoms with E-state index in [0.717, 1.165) is 16.1 Å². The number of aromatic nitrogens is 2. The minimum atomic E-state index is -0.0637. The Morgan fingerprint density at radius 1 is 1.53 bits per heavy atom. The molecular formula is C12H9ClN2OS. The van der Waals surface area contributed by atoms with Gasteiger partial charge in [-0.3, -0.25) is 9.20 Å². The molecule has 5 heteroatoms. The summed E-state index contributed by atoms with van der Waals surface area (Å²) in [5, 5.41) is 0. The zero-order valence-corrected chi connectivity index (χ0v) is 10.7. The fraction of sp³-hybridized carbons (Fsp3) is 0.167. The van der Waals surface area contributed by atoms with Crippen LogP contribution in [0.25, 0.3) is 10.5 Å². The molecule has 0 fully saturated rings. The molecule has 0 radical (unpaired) electrons. The van der Waals surface area contributed by atoms with Gasteiger partial charge in [0.1, 0.15) is 0 Å². The molecule has 17 heavy (non-hydrogen) atoms. The molecule has 0 saturated heterocycles. The van der Waals surface area contributed by atoms with Crippen LogP contribution < -0.4 is 5.56 Å². The van der Waals surface area contributed by atoms with E-state index in [1.165, 1.54) is 17.4 Å². The lowest BCUT2D eigenvalue weighted by molar-refractivity contribution is 1.02. The minimum Gasteiger partial charge on any atom is -0.269 e. The number of thiazole rings is 1. The van der Waals surface area contributed by atoms with Crippen LogP contribution >= 0.6 is 22.9 Å². The monoisotopic (exact) mass is 264 g/mol. The molecule has 0 atom stereocenters. The van der Waals surface area contributed by atoms with Crippen molar-refractivity contribution in [2.75, 3.05) is 0 Å². The van der Waals surface area contributed by atoms with Gasteiger partial charge in [0, 0.05) is 10.9 Å². The highest BCUT2D eigenvalue weighted by molar-refractivity contribution is 7.17. The van der Waals surface area contributed by atoms with Gasteiger partial charge < -0.3 is 0 Å². The Morgan fingerprint density at radius 2 is 2.29 bits per heavy atom. The van der Waals surface area contributed by atoms with Crippen LogP contribution in [-0.2, 0) is 5.88 Å². The largest absolute Gasteiger partial charge is 0.269 e. The number of halogens is 1. The van der Waals surface area contributed by atoms with Gasteiger partial charge in [-0.05, 0) is 12.5 Å². The summed E-state index contributed by atoms with van der Waals surface area (Å²) in [6, 6.07) is 1.50. The first kappa shape index (κ1) is 10.7. The van der Waals surface area contributed by atoms with E-state index < -0.39 is 0 Å². The van der Waals surface area contributed by atoms with Gasteiger partial charge in [0.15, 0.2) is 4.96 Å². The lowest BCUT2D eigenvalue weighted by Crippen LogP contribution is -2.16. The first-order valence-corrected chi connectivity index (χ1v) is 6.52. The Labute approximate surface area is 107 Å². The van der Waals surface area contributed by atoms with Gasteiger partial charge in [0.25, 0.3) is 5.56 Å². The van der Waals surface area contributed by atoms with E-state index >= 15 is 0 Å². The van der Waals surface area contributed by atoms with Crippen LogP contribution in [0.15, 0.2) is 29.1 Å². The van der Waals surface area contributed by atoms with Gasteiger partial charge in [0.05, 0.1) is 17.3 Å². The van der Waals surface area contributed by atoms with Gasteiger partial charge >= 0.3 is 0 Å². The van der Waals surface area contributed by atoms with Crippen LogP contribution in [0.5, 0.6) is 0 Å². The SMILES string of the molecule is Cc1sc2nc(CCl)cc(=O)n2c1C1=CC=C1. The molecular weight excluding hydrogens is 256 g/mol. The standard InChI is InChI=1S/C12H9ClN2OS/c1-7-11(8-3-2-4-8)15-10(16)5-9(6-13)14-12(15)17-7/h2-5H,6H2,1H3. The topological polar surface area (TPSA) is 34.4 Å². The summed E-state index contributed by atoms with van der Waals surface area (Å²) in [6.45, 7) is 2.00. The minimum absolute atomic E-state index is 0.0637. The highest BCUT2D eigenvalue weighted by atomic mass is 35.5. The quantitative estimate of drug-likeness (QED) is 0.782. The van der Waals surface area contributed by atoms with E-state index in [0.29, 0.717) is 10.7 Å². The maximum Gasteiger partial charge on any atom is 0.259 e. The number of allylic oxidation sites excluding steroid dienone is 4. The normalized spacial score (nSPS) is 13.9. The number of alkyl halides is 1. The summed E-state index contributed by atoms with van der Waals surface area (Å²) in [5.41, 5.74) is 2.59. The Hall–Kier alpha value is -1.39. The Kier molecular flexibility index (Phi) is 2.42. The number of hydrogen-bond acceptors (Lipinski definition) is 3. The van der Waals surface area contributed by atoms with Crippen LogP contribution in [0, 0.1) is 6.92 Å². The zero-order chi connectivity index (χ0) is 12.0. The molecule has 2 heterocycles. The van der Waals surface area contributed by atoms with Crippen LogP contribution in [0.4, 0.5) is 0 Å². The van der Waals surface area contributed by atoms with Gasteiger partial charge in [-0.1, -0.05) is 18.2 Å². The van der Waals surface area contributed by atoms with E-state index in [1.54, 1.807) is 4.40 Å². The molecule has 86 valence electrons. The zero-order valence-electron chi connectivity index (χ0n) is 9.11. The van der Waals surface area contributed by atoms with Crippen molar-refractivity contribution >= 4 is 33.5 Å². The van der Waals surface area contributed by atoms with Crippen molar-refractivity contribution in [2.24, 2.45) is 0 Å². The fourth-order valence-electron chi connectivity index (χ4n) is 1.87. The van der Waals surface area contributed by atoms with E-state index in [1.807, 2.05) is 25.2 Å². The summed E-state index contributed by atoms with van der Waals surface area (Å²) >= 11 is 7.24. The third kappa shape index (κ3) is 1.56. The molecule has 3 nitrogen and oxygen atoms in total. The van der Waals surface area contributed by atoms with E-state index in [-0.39, 0.29) is 11.4 Å². The maximum atomic E-state index is 12.1. The molecule has 3 rings (SSSR count). The Balaban J connectivity index is 2.37. The number of aryl methyl sites for hydroxylation is 1. The molecule has 0 saturated carbocycles. The van der Waals surface area contributed by atoms with Crippen LogP contribution in [-0.4, -0.2) is 9.38 Å². The summed E-state index contributed by atoms with van der Waals surface area (Å²) in [4.78, 5) is 18.2. The van der Waals surface area contributed by atoms with Crippen LogP contribution in [0.2, 0.25) is 0 Å². The van der Waals surface area contributed by atoms with Crippen molar-refractivity contribution in [1.82, 2.24) is 9.38 Å². The van der Waals surface area contributed by atoms with E-state index in [2.05, 4.69) is 4.98 Å². The van der Waals surface area contributed by atoms with Crippen molar-refractivity contribution in [3.63, 3.8) is 0 Å². The van der Waals surface area contributed by atoms with Crippen molar-refractivity contribution in [2.45, 2.75) is 12.8 Å². The smallest absolute Gasteiger partial charge is 0.259 e. The maximum absolute atomic E-state index is 12.1. The second kappa shape index (κ2) is 3.82. The van der Waals surface area contributed by atoms with Crippen LogP contribution in [0.1, 0.15) is 16.3 Å². The van der Waals surface area contributed by atoms with Crippen molar-refractivity contribution in [3.8, 4) is 0 Å². The molecule has 2 aromatic rings. The van der Waals surface area contributed by atoms with Crippen molar-refractivity contribution < 1.29 is 0 Å². The third-order valence-corrected chi connectivity index (χ3v) is 3.93. The molecule has 1 aliphatic carbocycles. The van der Waals surface area contributed by atoms with E-state index in [9.17, 15) is 4.79 Å². The van der Waals surface area contributed by atoms with Gasteiger partial charge in [0.2, 0.25) is 0 Å². The van der Waals surface area contributed by atoms with Gasteiger partial charge in [-0.2, -0.15) is 0 Å². The Bertz CT molecular complexity index is 724. The van der Waals surface area contributed by atoms with Crippen molar-refractivity contribution in [3.05, 3.63) is 50.9 Å². The molecule has 2 aromatic heterocycles. The molecule has 0 spiro atoms. The van der Waals surface area contributed by atoms with Crippen molar-refractivity contribution in [1.29, 1.82) is 0 Å². The first-order valence-electron chi connectivity index (χ1n) is 5.17. The number of fused-ring (bicyclic) bond motifs is 1. The Morgan fingerprint density at radius 3 is 2.88 bits per heavy atom. The summed E-state index contributed by atoms with van der Waals surface area (Å²) < 4.78 is 1.66. The predicted molar refractivity (Wildman–Crippen MR) is 70.8 cm³/mol. The number of hydrogen-bond donors (Lipinski definition) is 0. The molecule has 0 unspecified atom stereocenters. The van der Waals surface area contributed by atoms with Gasteiger partial charge in [-0.15, -0.1) is 22.9 Å². The van der Waals surface area contributed by atoms with Crippen LogP contribution in [0.3, 0.4) is 0 Å². The predicted octanol–water partition coefficient (Wildman–Crippen LogP) is 2.76. The summed E-state index contributed by atoms with van der Waals surface area (Å²) in [7, 11) is 0. The molecule has 0 N–H and O–H groups in total. The second-order valence-electron chi connectivity index (χ2n) is 3.83. The molecule has 0 bridgehead atoms. The lowest BCUT2D eigenvalue weighted by Gasteiger charge is -2.08. The van der Waals surface area contributed by atoms with Gasteiger partial charge in [-0.25, -0.2) is 4.98 Å². The first-order chi connectivity index (χ1) is 8.20. The summed E-state index contributed by atoms with van der Waals surface area (Å²) in [6.07, 6.45) is 5.96. The fourth-order valence-corrected chi connectivity index (χ4v) is 3.03. The number of rotatable bonds is 2. The molecule has 0 aromatic carbocycles. The third-order valence-electron chi connectivity index (χ3n) is 2.70. The average Bonchev–Trinajstić information content (AvgIpc) is 2.53.